The van der Waals surface area contributed by atoms with E-state index in [9.17, 15) is 0 Å². The molecule has 12 heavy (non-hydrogen) atoms. The Morgan fingerprint density at radius 3 is 2.83 bits per heavy atom. The molecule has 0 amide bonds. The molecule has 2 rings (SSSR count). The molecule has 0 bridgehead atoms. The standard InChI is InChI=1S/C9H13N3/c1-6(2)8-7(3)12-5-4-10-9(12)11-8/h4-6H,1-3H3,(H,10,11). The summed E-state index contributed by atoms with van der Waals surface area (Å²) in [5.74, 6) is 1.47. The Bertz CT molecular complexity index is 395. The molecule has 3 heteroatoms. The first-order chi connectivity index (χ1) is 5.70. The van der Waals surface area contributed by atoms with Gasteiger partial charge in [0.25, 0.3) is 0 Å². The minimum Gasteiger partial charge on any atom is -0.327 e. The second-order valence-corrected chi connectivity index (χ2v) is 3.40. The SMILES string of the molecule is Cc1c(C(C)C)[nH]c2nccn12. The number of aromatic amines is 1. The summed E-state index contributed by atoms with van der Waals surface area (Å²) in [4.78, 5) is 7.49. The number of nitrogens with zero attached hydrogens (tertiary/aromatic N) is 2. The number of hydrogen-bond acceptors (Lipinski definition) is 1. The fourth-order valence-electron chi connectivity index (χ4n) is 1.57. The van der Waals surface area contributed by atoms with Gasteiger partial charge < -0.3 is 4.98 Å². The fourth-order valence-corrected chi connectivity index (χ4v) is 1.57. The van der Waals surface area contributed by atoms with Gasteiger partial charge in [0.1, 0.15) is 0 Å². The van der Waals surface area contributed by atoms with Crippen molar-refractivity contribution >= 4 is 5.78 Å². The van der Waals surface area contributed by atoms with Crippen LogP contribution in [0.3, 0.4) is 0 Å². The molecule has 0 atom stereocenters. The molecule has 0 aliphatic heterocycles. The average Bonchev–Trinajstić information content (AvgIpc) is 2.53. The Morgan fingerprint density at radius 2 is 2.25 bits per heavy atom. The topological polar surface area (TPSA) is 33.1 Å². The minimum absolute atomic E-state index is 0.534. The Labute approximate surface area is 71.4 Å². The first kappa shape index (κ1) is 7.40. The van der Waals surface area contributed by atoms with E-state index < -0.39 is 0 Å². The molecule has 0 aliphatic rings. The van der Waals surface area contributed by atoms with Gasteiger partial charge in [0.2, 0.25) is 5.78 Å². The van der Waals surface area contributed by atoms with E-state index in [-0.39, 0.29) is 0 Å². The average molecular weight is 163 g/mol. The highest BCUT2D eigenvalue weighted by molar-refractivity contribution is 5.36. The zero-order valence-electron chi connectivity index (χ0n) is 7.63. The van der Waals surface area contributed by atoms with E-state index in [0.717, 1.165) is 5.78 Å². The normalized spacial score (nSPS) is 11.7. The molecule has 2 aromatic rings. The van der Waals surface area contributed by atoms with Gasteiger partial charge in [-0.15, -0.1) is 0 Å². The van der Waals surface area contributed by atoms with E-state index in [4.69, 9.17) is 0 Å². The Kier molecular flexibility index (Phi) is 1.46. The summed E-state index contributed by atoms with van der Waals surface area (Å²) in [5, 5.41) is 0. The lowest BCUT2D eigenvalue weighted by Crippen LogP contribution is -1.91. The van der Waals surface area contributed by atoms with Crippen LogP contribution in [0.2, 0.25) is 0 Å². The van der Waals surface area contributed by atoms with E-state index in [1.807, 2.05) is 12.4 Å². The molecule has 0 aromatic carbocycles. The molecule has 1 N–H and O–H groups in total. The van der Waals surface area contributed by atoms with Crippen molar-refractivity contribution in [1.29, 1.82) is 0 Å². The molecule has 0 aliphatic carbocycles. The summed E-state index contributed by atoms with van der Waals surface area (Å²) in [5.41, 5.74) is 2.54. The van der Waals surface area contributed by atoms with Crippen molar-refractivity contribution < 1.29 is 0 Å². The van der Waals surface area contributed by atoms with Crippen LogP contribution in [0.1, 0.15) is 31.2 Å². The van der Waals surface area contributed by atoms with Crippen LogP contribution in [0.25, 0.3) is 5.78 Å². The van der Waals surface area contributed by atoms with E-state index in [2.05, 4.69) is 35.1 Å². The van der Waals surface area contributed by atoms with Gasteiger partial charge in [0, 0.05) is 23.8 Å². The van der Waals surface area contributed by atoms with E-state index >= 15 is 0 Å². The van der Waals surface area contributed by atoms with Crippen LogP contribution < -0.4 is 0 Å². The maximum Gasteiger partial charge on any atom is 0.211 e. The molecule has 2 aromatic heterocycles. The number of nitrogens with one attached hydrogen (secondary N) is 1. The first-order valence-corrected chi connectivity index (χ1v) is 4.21. The maximum atomic E-state index is 4.19. The fraction of sp³-hybridized carbons (Fsp3) is 0.444. The molecular weight excluding hydrogens is 150 g/mol. The van der Waals surface area contributed by atoms with Gasteiger partial charge in [-0.2, -0.15) is 0 Å². The van der Waals surface area contributed by atoms with Crippen LogP contribution in [0.4, 0.5) is 0 Å². The third kappa shape index (κ3) is 0.858. The van der Waals surface area contributed by atoms with Crippen molar-refractivity contribution in [1.82, 2.24) is 14.4 Å². The summed E-state index contributed by atoms with van der Waals surface area (Å²) in [6, 6.07) is 0. The molecule has 0 saturated carbocycles. The highest BCUT2D eigenvalue weighted by Crippen LogP contribution is 2.18. The number of rotatable bonds is 1. The first-order valence-electron chi connectivity index (χ1n) is 4.21. The maximum absolute atomic E-state index is 4.19. The predicted molar refractivity (Wildman–Crippen MR) is 48.4 cm³/mol. The Morgan fingerprint density at radius 1 is 1.50 bits per heavy atom. The third-order valence-electron chi connectivity index (χ3n) is 2.22. The van der Waals surface area contributed by atoms with Gasteiger partial charge >= 0.3 is 0 Å². The monoisotopic (exact) mass is 163 g/mol. The lowest BCUT2D eigenvalue weighted by Gasteiger charge is -2.01. The summed E-state index contributed by atoms with van der Waals surface area (Å²) >= 11 is 0. The quantitative estimate of drug-likeness (QED) is 0.686. The van der Waals surface area contributed by atoms with Crippen LogP contribution in [0, 0.1) is 6.92 Å². The molecule has 0 saturated heterocycles. The molecule has 64 valence electrons. The second kappa shape index (κ2) is 2.37. The van der Waals surface area contributed by atoms with Gasteiger partial charge in [0.15, 0.2) is 0 Å². The lowest BCUT2D eigenvalue weighted by atomic mass is 10.1. The number of hydrogen-bond donors (Lipinski definition) is 1. The smallest absolute Gasteiger partial charge is 0.211 e. The van der Waals surface area contributed by atoms with Crippen molar-refractivity contribution in [3.63, 3.8) is 0 Å². The van der Waals surface area contributed by atoms with Crippen LogP contribution in [0.15, 0.2) is 12.4 Å². The van der Waals surface area contributed by atoms with Crippen molar-refractivity contribution in [3.05, 3.63) is 23.8 Å². The van der Waals surface area contributed by atoms with Gasteiger partial charge in [-0.1, -0.05) is 13.8 Å². The number of aryl methyl sites for hydroxylation is 1. The highest BCUT2D eigenvalue weighted by atomic mass is 15.1. The molecule has 2 heterocycles. The zero-order valence-corrected chi connectivity index (χ0v) is 7.63. The van der Waals surface area contributed by atoms with E-state index in [0.29, 0.717) is 5.92 Å². The highest BCUT2D eigenvalue weighted by Gasteiger charge is 2.09. The van der Waals surface area contributed by atoms with E-state index in [1.54, 1.807) is 0 Å². The van der Waals surface area contributed by atoms with Crippen molar-refractivity contribution in [3.8, 4) is 0 Å². The Balaban J connectivity index is 2.70. The predicted octanol–water partition coefficient (Wildman–Crippen LogP) is 2.09. The molecular formula is C9H13N3. The third-order valence-corrected chi connectivity index (χ3v) is 2.22. The molecule has 0 spiro atoms. The van der Waals surface area contributed by atoms with Crippen LogP contribution in [-0.2, 0) is 0 Å². The van der Waals surface area contributed by atoms with Crippen LogP contribution in [0.5, 0.6) is 0 Å². The van der Waals surface area contributed by atoms with E-state index in [1.165, 1.54) is 11.4 Å². The summed E-state index contributed by atoms with van der Waals surface area (Å²) in [6.45, 7) is 6.47. The van der Waals surface area contributed by atoms with Gasteiger partial charge in [-0.05, 0) is 12.8 Å². The summed E-state index contributed by atoms with van der Waals surface area (Å²) in [7, 11) is 0. The van der Waals surface area contributed by atoms with Crippen molar-refractivity contribution in [2.75, 3.05) is 0 Å². The van der Waals surface area contributed by atoms with Gasteiger partial charge in [0.05, 0.1) is 0 Å². The number of H-pyrrole nitrogens is 1. The van der Waals surface area contributed by atoms with Crippen molar-refractivity contribution in [2.45, 2.75) is 26.7 Å². The van der Waals surface area contributed by atoms with Gasteiger partial charge in [-0.3, -0.25) is 4.40 Å². The largest absolute Gasteiger partial charge is 0.327 e. The van der Waals surface area contributed by atoms with Gasteiger partial charge in [-0.25, -0.2) is 4.98 Å². The number of fused-ring (bicyclic) bond motifs is 1. The lowest BCUT2D eigenvalue weighted by molar-refractivity contribution is 0.820. The van der Waals surface area contributed by atoms with Crippen molar-refractivity contribution in [2.24, 2.45) is 0 Å². The molecule has 0 unspecified atom stereocenters. The summed E-state index contributed by atoms with van der Waals surface area (Å²) < 4.78 is 2.08. The minimum atomic E-state index is 0.534. The van der Waals surface area contributed by atoms with Crippen LogP contribution >= 0.6 is 0 Å². The number of aromatic nitrogens is 3. The molecule has 0 fully saturated rings. The number of imidazole rings is 2. The summed E-state index contributed by atoms with van der Waals surface area (Å²) in [6.07, 6.45) is 3.79. The molecule has 3 nitrogen and oxygen atoms in total. The molecule has 0 radical (unpaired) electrons. The second-order valence-electron chi connectivity index (χ2n) is 3.40. The zero-order chi connectivity index (χ0) is 8.72. The van der Waals surface area contributed by atoms with Crippen LogP contribution in [-0.4, -0.2) is 14.4 Å². The Hall–Kier alpha value is -1.25.